The standard InChI is InChI=1S/C17H11F3O3/c18-17(19,20)15(21)16(22)23-9-14-12-7-3-1-5-10(12)11-6-2-4-8-13(11)14/h1-8,14H,9H2. The molecule has 0 atom stereocenters. The molecule has 3 rings (SSSR count). The topological polar surface area (TPSA) is 43.4 Å². The van der Waals surface area contributed by atoms with Crippen molar-refractivity contribution >= 4 is 11.8 Å². The minimum atomic E-state index is -5.22. The number of ketones is 1. The molecular weight excluding hydrogens is 309 g/mol. The molecule has 2 aromatic carbocycles. The van der Waals surface area contributed by atoms with E-state index in [1.54, 1.807) is 12.1 Å². The normalized spacial score (nSPS) is 13.3. The van der Waals surface area contributed by atoms with E-state index in [1.807, 2.05) is 36.4 Å². The van der Waals surface area contributed by atoms with E-state index in [0.29, 0.717) is 0 Å². The number of alkyl halides is 3. The van der Waals surface area contributed by atoms with E-state index >= 15 is 0 Å². The van der Waals surface area contributed by atoms with Gasteiger partial charge in [0.05, 0.1) is 0 Å². The summed E-state index contributed by atoms with van der Waals surface area (Å²) in [5, 5.41) is 0. The zero-order valence-electron chi connectivity index (χ0n) is 11.8. The Balaban J connectivity index is 1.84. The zero-order valence-corrected chi connectivity index (χ0v) is 11.8. The van der Waals surface area contributed by atoms with Crippen LogP contribution in [0.5, 0.6) is 0 Å². The highest BCUT2D eigenvalue weighted by Gasteiger charge is 2.45. The molecular formula is C17H11F3O3. The van der Waals surface area contributed by atoms with E-state index in [2.05, 4.69) is 4.74 Å². The monoisotopic (exact) mass is 320 g/mol. The first kappa shape index (κ1) is 15.3. The van der Waals surface area contributed by atoms with Crippen LogP contribution in [-0.4, -0.2) is 24.5 Å². The fraction of sp³-hybridized carbons (Fsp3) is 0.176. The number of hydrogen-bond donors (Lipinski definition) is 0. The Labute approximate surface area is 129 Å². The van der Waals surface area contributed by atoms with Crippen LogP contribution in [0, 0.1) is 0 Å². The second-order valence-electron chi connectivity index (χ2n) is 5.15. The van der Waals surface area contributed by atoms with Crippen LogP contribution in [-0.2, 0) is 14.3 Å². The predicted molar refractivity (Wildman–Crippen MR) is 75.7 cm³/mol. The van der Waals surface area contributed by atoms with Crippen LogP contribution in [0.1, 0.15) is 17.0 Å². The average Bonchev–Trinajstić information content (AvgIpc) is 2.85. The molecule has 0 fully saturated rings. The van der Waals surface area contributed by atoms with E-state index in [0.717, 1.165) is 22.3 Å². The number of carbonyl (C=O) groups excluding carboxylic acids is 2. The number of Topliss-reactive ketones (excluding diaryl/α,β-unsaturated/α-hetero) is 1. The average molecular weight is 320 g/mol. The largest absolute Gasteiger partial charge is 0.461 e. The third kappa shape index (κ3) is 2.72. The lowest BCUT2D eigenvalue weighted by Crippen LogP contribution is -2.33. The summed E-state index contributed by atoms with van der Waals surface area (Å²) in [6.45, 7) is -0.311. The second kappa shape index (κ2) is 5.53. The third-order valence-corrected chi connectivity index (χ3v) is 3.79. The molecule has 1 aliphatic rings. The fourth-order valence-corrected chi connectivity index (χ4v) is 2.78. The van der Waals surface area contributed by atoms with E-state index in [9.17, 15) is 22.8 Å². The molecule has 1 aliphatic carbocycles. The smallest absolute Gasteiger partial charge is 0.459 e. The zero-order chi connectivity index (χ0) is 16.6. The Kier molecular flexibility index (Phi) is 3.67. The number of rotatable bonds is 3. The van der Waals surface area contributed by atoms with Gasteiger partial charge in [0.2, 0.25) is 0 Å². The Morgan fingerprint density at radius 3 is 1.87 bits per heavy atom. The van der Waals surface area contributed by atoms with Gasteiger partial charge in [-0.1, -0.05) is 48.5 Å². The maximum absolute atomic E-state index is 12.2. The second-order valence-corrected chi connectivity index (χ2v) is 5.15. The van der Waals surface area contributed by atoms with E-state index in [1.165, 1.54) is 0 Å². The van der Waals surface area contributed by atoms with Gasteiger partial charge in [-0.2, -0.15) is 13.2 Å². The van der Waals surface area contributed by atoms with Gasteiger partial charge in [0.15, 0.2) is 0 Å². The first-order valence-corrected chi connectivity index (χ1v) is 6.86. The lowest BCUT2D eigenvalue weighted by Gasteiger charge is -2.14. The molecule has 118 valence electrons. The highest BCUT2D eigenvalue weighted by atomic mass is 19.4. The molecule has 0 N–H and O–H groups in total. The molecule has 0 aliphatic heterocycles. The highest BCUT2D eigenvalue weighted by Crippen LogP contribution is 2.44. The number of esters is 1. The van der Waals surface area contributed by atoms with Gasteiger partial charge in [0, 0.05) is 5.92 Å². The summed E-state index contributed by atoms with van der Waals surface area (Å²) in [6.07, 6.45) is -5.22. The number of carbonyl (C=O) groups is 2. The molecule has 0 radical (unpaired) electrons. The van der Waals surface area contributed by atoms with Crippen molar-refractivity contribution in [2.75, 3.05) is 6.61 Å². The number of benzene rings is 2. The van der Waals surface area contributed by atoms with Crippen molar-refractivity contribution in [3.63, 3.8) is 0 Å². The minimum Gasteiger partial charge on any atom is -0.459 e. The molecule has 0 bridgehead atoms. The Morgan fingerprint density at radius 1 is 0.913 bits per heavy atom. The van der Waals surface area contributed by atoms with Gasteiger partial charge in [-0.05, 0) is 22.3 Å². The quantitative estimate of drug-likeness (QED) is 0.642. The first-order chi connectivity index (χ1) is 10.9. The van der Waals surface area contributed by atoms with Crippen molar-refractivity contribution in [2.24, 2.45) is 0 Å². The third-order valence-electron chi connectivity index (χ3n) is 3.79. The van der Waals surface area contributed by atoms with Crippen molar-refractivity contribution in [1.29, 1.82) is 0 Å². The summed E-state index contributed by atoms with van der Waals surface area (Å²) in [6, 6.07) is 14.8. The van der Waals surface area contributed by atoms with Gasteiger partial charge in [0.1, 0.15) is 6.61 Å². The molecule has 0 unspecified atom stereocenters. The van der Waals surface area contributed by atoms with Crippen LogP contribution in [0.4, 0.5) is 13.2 Å². The summed E-state index contributed by atoms with van der Waals surface area (Å²) < 4.78 is 41.3. The lowest BCUT2D eigenvalue weighted by molar-refractivity contribution is -0.183. The molecule has 3 nitrogen and oxygen atoms in total. The molecule has 2 aromatic rings. The Bertz CT molecular complexity index is 735. The van der Waals surface area contributed by atoms with Gasteiger partial charge < -0.3 is 4.74 Å². The maximum Gasteiger partial charge on any atom is 0.461 e. The Morgan fingerprint density at radius 2 is 1.39 bits per heavy atom. The van der Waals surface area contributed by atoms with Crippen LogP contribution in [0.2, 0.25) is 0 Å². The molecule has 6 heteroatoms. The van der Waals surface area contributed by atoms with Gasteiger partial charge in [-0.25, -0.2) is 4.79 Å². The first-order valence-electron chi connectivity index (χ1n) is 6.86. The molecule has 0 aromatic heterocycles. The highest BCUT2D eigenvalue weighted by molar-refractivity contribution is 6.35. The molecule has 0 spiro atoms. The predicted octanol–water partition coefficient (Wildman–Crippen LogP) is 3.47. The van der Waals surface area contributed by atoms with Gasteiger partial charge in [-0.15, -0.1) is 0 Å². The van der Waals surface area contributed by atoms with Crippen molar-refractivity contribution < 1.29 is 27.5 Å². The van der Waals surface area contributed by atoms with Crippen LogP contribution >= 0.6 is 0 Å². The molecule has 0 heterocycles. The summed E-state index contributed by atoms with van der Waals surface area (Å²) in [7, 11) is 0. The van der Waals surface area contributed by atoms with E-state index in [4.69, 9.17) is 0 Å². The molecule has 0 saturated carbocycles. The maximum atomic E-state index is 12.2. The molecule has 23 heavy (non-hydrogen) atoms. The van der Waals surface area contributed by atoms with Crippen molar-refractivity contribution in [3.05, 3.63) is 59.7 Å². The summed E-state index contributed by atoms with van der Waals surface area (Å²) in [5.41, 5.74) is 3.62. The Hall–Kier alpha value is -2.63. The van der Waals surface area contributed by atoms with Crippen molar-refractivity contribution in [2.45, 2.75) is 12.1 Å². The summed E-state index contributed by atoms with van der Waals surface area (Å²) >= 11 is 0. The summed E-state index contributed by atoms with van der Waals surface area (Å²) in [5.74, 6) is -4.75. The van der Waals surface area contributed by atoms with Crippen LogP contribution < -0.4 is 0 Å². The number of halogens is 3. The lowest BCUT2D eigenvalue weighted by atomic mass is 9.98. The van der Waals surface area contributed by atoms with E-state index < -0.39 is 17.9 Å². The van der Waals surface area contributed by atoms with Crippen LogP contribution in [0.25, 0.3) is 11.1 Å². The molecule has 0 saturated heterocycles. The number of ether oxygens (including phenoxy) is 1. The van der Waals surface area contributed by atoms with E-state index in [-0.39, 0.29) is 12.5 Å². The molecule has 0 amide bonds. The van der Waals surface area contributed by atoms with Crippen molar-refractivity contribution in [3.8, 4) is 11.1 Å². The fourth-order valence-electron chi connectivity index (χ4n) is 2.78. The summed E-state index contributed by atoms with van der Waals surface area (Å²) in [4.78, 5) is 22.1. The number of hydrogen-bond acceptors (Lipinski definition) is 3. The SMILES string of the molecule is O=C(OCC1c2ccccc2-c2ccccc21)C(=O)C(F)(F)F. The van der Waals surface area contributed by atoms with Gasteiger partial charge in [0.25, 0.3) is 0 Å². The van der Waals surface area contributed by atoms with Gasteiger partial charge in [-0.3, -0.25) is 4.79 Å². The number of fused-ring (bicyclic) bond motifs is 3. The van der Waals surface area contributed by atoms with Crippen LogP contribution in [0.15, 0.2) is 48.5 Å². The van der Waals surface area contributed by atoms with Crippen molar-refractivity contribution in [1.82, 2.24) is 0 Å². The van der Waals surface area contributed by atoms with Gasteiger partial charge >= 0.3 is 17.9 Å². The van der Waals surface area contributed by atoms with Crippen LogP contribution in [0.3, 0.4) is 0 Å². The minimum absolute atomic E-state index is 0.311.